The standard InChI is InChI=1S/C20H29NO4/c1-20(2,3)25-19(22)21-10-6-7-14-11-15-13(12-16(14)21)8-9-17(23-4)18(15)24-5/h8-9,14,16H,6-7,10-12H2,1-5H3. The summed E-state index contributed by atoms with van der Waals surface area (Å²) in [6.45, 7) is 6.53. The number of nitrogens with zero attached hydrogens (tertiary/aromatic N) is 1. The highest BCUT2D eigenvalue weighted by Gasteiger charge is 2.40. The molecule has 2 atom stereocenters. The lowest BCUT2D eigenvalue weighted by atomic mass is 9.75. The summed E-state index contributed by atoms with van der Waals surface area (Å²) in [7, 11) is 3.36. The number of piperidine rings is 1. The van der Waals surface area contributed by atoms with E-state index < -0.39 is 5.60 Å². The van der Waals surface area contributed by atoms with Crippen LogP contribution in [0.3, 0.4) is 0 Å². The van der Waals surface area contributed by atoms with Gasteiger partial charge >= 0.3 is 6.09 Å². The first-order chi connectivity index (χ1) is 11.8. The molecule has 0 spiro atoms. The second-order valence-electron chi connectivity index (χ2n) is 7.99. The molecule has 5 nitrogen and oxygen atoms in total. The highest BCUT2D eigenvalue weighted by atomic mass is 16.6. The van der Waals surface area contributed by atoms with Gasteiger partial charge in [-0.1, -0.05) is 6.07 Å². The van der Waals surface area contributed by atoms with Crippen molar-refractivity contribution in [3.63, 3.8) is 0 Å². The molecule has 1 heterocycles. The van der Waals surface area contributed by atoms with Gasteiger partial charge in [-0.25, -0.2) is 4.79 Å². The lowest BCUT2D eigenvalue weighted by Crippen LogP contribution is -2.53. The summed E-state index contributed by atoms with van der Waals surface area (Å²) in [4.78, 5) is 14.6. The lowest BCUT2D eigenvalue weighted by Gasteiger charge is -2.44. The number of likely N-dealkylation sites (tertiary alicyclic amines) is 1. The summed E-state index contributed by atoms with van der Waals surface area (Å²) in [5.41, 5.74) is 2.01. The summed E-state index contributed by atoms with van der Waals surface area (Å²) in [5.74, 6) is 2.06. The van der Waals surface area contributed by atoms with Crippen molar-refractivity contribution in [3.05, 3.63) is 23.3 Å². The highest BCUT2D eigenvalue weighted by Crippen LogP contribution is 2.42. The molecule has 2 unspecified atom stereocenters. The van der Waals surface area contributed by atoms with Crippen LogP contribution in [0.1, 0.15) is 44.7 Å². The average Bonchev–Trinajstić information content (AvgIpc) is 2.56. The van der Waals surface area contributed by atoms with Crippen LogP contribution in [0.5, 0.6) is 11.5 Å². The van der Waals surface area contributed by atoms with Crippen molar-refractivity contribution < 1.29 is 19.0 Å². The van der Waals surface area contributed by atoms with Gasteiger partial charge in [-0.15, -0.1) is 0 Å². The van der Waals surface area contributed by atoms with Gasteiger partial charge in [0.25, 0.3) is 0 Å². The third kappa shape index (κ3) is 3.55. The van der Waals surface area contributed by atoms with Gasteiger partial charge in [0, 0.05) is 18.2 Å². The van der Waals surface area contributed by atoms with E-state index in [9.17, 15) is 4.79 Å². The molecular weight excluding hydrogens is 318 g/mol. The quantitative estimate of drug-likeness (QED) is 0.816. The smallest absolute Gasteiger partial charge is 0.410 e. The Morgan fingerprint density at radius 3 is 2.56 bits per heavy atom. The molecule has 0 bridgehead atoms. The van der Waals surface area contributed by atoms with Crippen LogP contribution in [-0.2, 0) is 17.6 Å². The molecule has 138 valence electrons. The van der Waals surface area contributed by atoms with Gasteiger partial charge in [-0.2, -0.15) is 0 Å². The van der Waals surface area contributed by atoms with Crippen LogP contribution < -0.4 is 9.47 Å². The van der Waals surface area contributed by atoms with Gasteiger partial charge in [0.15, 0.2) is 11.5 Å². The second kappa shape index (κ2) is 6.77. The Labute approximate surface area is 150 Å². The Morgan fingerprint density at radius 1 is 1.16 bits per heavy atom. The number of fused-ring (bicyclic) bond motifs is 2. The maximum atomic E-state index is 12.7. The van der Waals surface area contributed by atoms with Crippen LogP contribution in [0.2, 0.25) is 0 Å². The third-order valence-corrected chi connectivity index (χ3v) is 5.19. The lowest BCUT2D eigenvalue weighted by molar-refractivity contribution is -0.00145. The third-order valence-electron chi connectivity index (χ3n) is 5.19. The van der Waals surface area contributed by atoms with Gasteiger partial charge in [-0.3, -0.25) is 0 Å². The van der Waals surface area contributed by atoms with E-state index in [0.717, 1.165) is 43.7 Å². The zero-order valence-corrected chi connectivity index (χ0v) is 15.9. The molecule has 0 radical (unpaired) electrons. The van der Waals surface area contributed by atoms with Crippen LogP contribution in [0, 0.1) is 5.92 Å². The van der Waals surface area contributed by atoms with E-state index in [2.05, 4.69) is 6.07 Å². The van der Waals surface area contributed by atoms with Gasteiger partial charge < -0.3 is 19.1 Å². The molecule has 0 saturated carbocycles. The van der Waals surface area contributed by atoms with Crippen LogP contribution in [0.4, 0.5) is 4.79 Å². The molecule has 0 N–H and O–H groups in total. The number of methoxy groups -OCH3 is 2. The Morgan fingerprint density at radius 2 is 1.92 bits per heavy atom. The number of amides is 1. The van der Waals surface area contributed by atoms with Crippen molar-refractivity contribution in [3.8, 4) is 11.5 Å². The van der Waals surface area contributed by atoms with Crippen molar-refractivity contribution in [1.29, 1.82) is 0 Å². The van der Waals surface area contributed by atoms with Crippen LogP contribution in [0.15, 0.2) is 12.1 Å². The maximum Gasteiger partial charge on any atom is 0.410 e. The Hall–Kier alpha value is -1.91. The molecule has 1 aliphatic carbocycles. The normalized spacial score (nSPS) is 22.7. The number of rotatable bonds is 2. The first-order valence-corrected chi connectivity index (χ1v) is 9.06. The van der Waals surface area contributed by atoms with Gasteiger partial charge in [0.2, 0.25) is 0 Å². The van der Waals surface area contributed by atoms with E-state index in [1.165, 1.54) is 11.1 Å². The molecule has 5 heteroatoms. The number of benzene rings is 1. The predicted molar refractivity (Wildman–Crippen MR) is 96.4 cm³/mol. The van der Waals surface area contributed by atoms with Gasteiger partial charge in [-0.05, 0) is 64.0 Å². The molecule has 1 aromatic carbocycles. The fraction of sp³-hybridized carbons (Fsp3) is 0.650. The van der Waals surface area contributed by atoms with Crippen molar-refractivity contribution in [2.24, 2.45) is 5.92 Å². The van der Waals surface area contributed by atoms with Gasteiger partial charge in [0.1, 0.15) is 5.60 Å². The van der Waals surface area contributed by atoms with Crippen LogP contribution in [-0.4, -0.2) is 43.4 Å². The SMILES string of the molecule is COc1ccc2c(c1OC)CC1CCCN(C(=O)OC(C)(C)C)C1C2. The van der Waals surface area contributed by atoms with E-state index in [1.807, 2.05) is 31.7 Å². The van der Waals surface area contributed by atoms with E-state index in [0.29, 0.717) is 5.92 Å². The summed E-state index contributed by atoms with van der Waals surface area (Å²) >= 11 is 0. The van der Waals surface area contributed by atoms with Crippen LogP contribution >= 0.6 is 0 Å². The Bertz CT molecular complexity index is 650. The Kier molecular flexibility index (Phi) is 4.85. The first kappa shape index (κ1) is 17.9. The minimum Gasteiger partial charge on any atom is -0.493 e. The topological polar surface area (TPSA) is 48.0 Å². The number of carbonyl (C=O) groups excluding carboxylic acids is 1. The molecule has 1 fully saturated rings. The van der Waals surface area contributed by atoms with Crippen molar-refractivity contribution >= 4 is 6.09 Å². The minimum atomic E-state index is -0.465. The molecule has 1 aromatic rings. The monoisotopic (exact) mass is 347 g/mol. The second-order valence-corrected chi connectivity index (χ2v) is 7.99. The minimum absolute atomic E-state index is 0.189. The van der Waals surface area contributed by atoms with E-state index in [-0.39, 0.29) is 12.1 Å². The number of carbonyl (C=O) groups is 1. The zero-order chi connectivity index (χ0) is 18.2. The van der Waals surface area contributed by atoms with Crippen molar-refractivity contribution in [2.75, 3.05) is 20.8 Å². The summed E-state index contributed by atoms with van der Waals surface area (Å²) in [5, 5.41) is 0. The van der Waals surface area contributed by atoms with E-state index in [1.54, 1.807) is 14.2 Å². The first-order valence-electron chi connectivity index (χ1n) is 9.06. The summed E-state index contributed by atoms with van der Waals surface area (Å²) < 4.78 is 16.7. The molecule has 1 aliphatic heterocycles. The van der Waals surface area contributed by atoms with Gasteiger partial charge in [0.05, 0.1) is 14.2 Å². The summed E-state index contributed by atoms with van der Waals surface area (Å²) in [6.07, 6.45) is 3.72. The molecule has 1 saturated heterocycles. The maximum absolute atomic E-state index is 12.7. The molecule has 1 amide bonds. The predicted octanol–water partition coefficient (Wildman–Crippen LogP) is 3.82. The Balaban J connectivity index is 1.88. The summed E-state index contributed by atoms with van der Waals surface area (Å²) in [6, 6.07) is 4.27. The molecule has 3 rings (SSSR count). The zero-order valence-electron chi connectivity index (χ0n) is 15.9. The fourth-order valence-corrected chi connectivity index (χ4v) is 4.13. The molecular formula is C20H29NO4. The molecule has 25 heavy (non-hydrogen) atoms. The molecule has 2 aliphatic rings. The van der Waals surface area contributed by atoms with Crippen molar-refractivity contribution in [2.45, 2.75) is 58.1 Å². The largest absolute Gasteiger partial charge is 0.493 e. The average molecular weight is 347 g/mol. The van der Waals surface area contributed by atoms with E-state index >= 15 is 0 Å². The molecule has 0 aromatic heterocycles. The fourth-order valence-electron chi connectivity index (χ4n) is 4.13. The number of hydrogen-bond donors (Lipinski definition) is 0. The number of hydrogen-bond acceptors (Lipinski definition) is 4. The highest BCUT2D eigenvalue weighted by molar-refractivity contribution is 5.69. The number of ether oxygens (including phenoxy) is 3. The van der Waals surface area contributed by atoms with E-state index in [4.69, 9.17) is 14.2 Å². The van der Waals surface area contributed by atoms with Crippen molar-refractivity contribution in [1.82, 2.24) is 4.90 Å². The van der Waals surface area contributed by atoms with Crippen LogP contribution in [0.25, 0.3) is 0 Å².